The molecule has 0 fully saturated rings. The van der Waals surface area contributed by atoms with Crippen LogP contribution in [0.15, 0.2) is 18.2 Å². The van der Waals surface area contributed by atoms with E-state index < -0.39 is 23.5 Å². The van der Waals surface area contributed by atoms with Crippen LogP contribution < -0.4 is 9.47 Å². The van der Waals surface area contributed by atoms with Crippen molar-refractivity contribution in [3.05, 3.63) is 24.3 Å². The van der Waals surface area contributed by atoms with Gasteiger partial charge in [0, 0.05) is 6.07 Å². The Kier molecular flexibility index (Phi) is 7.17. The van der Waals surface area contributed by atoms with E-state index in [-0.39, 0.29) is 23.3 Å². The van der Waals surface area contributed by atoms with Gasteiger partial charge >= 0.3 is 12.3 Å². The largest absolute Gasteiger partial charge is 0.514 e. The van der Waals surface area contributed by atoms with E-state index in [0.717, 1.165) is 0 Å². The number of benzene rings is 1. The summed E-state index contributed by atoms with van der Waals surface area (Å²) in [6, 6.07) is 6.77. The van der Waals surface area contributed by atoms with Crippen molar-refractivity contribution in [2.24, 2.45) is 0 Å². The van der Waals surface area contributed by atoms with Gasteiger partial charge < -0.3 is 18.9 Å². The Morgan fingerprint density at radius 3 is 1.62 bits per heavy atom. The maximum Gasteiger partial charge on any atom is 0.514 e. The summed E-state index contributed by atoms with van der Waals surface area (Å²) in [5, 5.41) is 0. The third-order valence-electron chi connectivity index (χ3n) is 2.50. The van der Waals surface area contributed by atoms with Crippen LogP contribution in [0.25, 0.3) is 0 Å². The number of halogens is 2. The fourth-order valence-electron chi connectivity index (χ4n) is 1.29. The normalized spacial score (nSPS) is 11.6. The van der Waals surface area contributed by atoms with Crippen molar-refractivity contribution >= 4 is 35.5 Å². The molecule has 0 spiro atoms. The molecule has 0 saturated heterocycles. The molecular weight excluding hydrogens is 359 g/mol. The van der Waals surface area contributed by atoms with Crippen molar-refractivity contribution in [3.63, 3.8) is 0 Å². The summed E-state index contributed by atoms with van der Waals surface area (Å²) in [7, 11) is 0. The van der Waals surface area contributed by atoms with Crippen LogP contribution in [-0.2, 0) is 9.47 Å². The molecule has 0 aliphatic heterocycles. The first kappa shape index (κ1) is 20.4. The van der Waals surface area contributed by atoms with Crippen molar-refractivity contribution in [3.8, 4) is 11.5 Å². The van der Waals surface area contributed by atoms with Gasteiger partial charge in [-0.3, -0.25) is 0 Å². The second kappa shape index (κ2) is 8.44. The lowest BCUT2D eigenvalue weighted by Gasteiger charge is -2.21. The predicted octanol–water partition coefficient (Wildman–Crippen LogP) is 4.55. The lowest BCUT2D eigenvalue weighted by molar-refractivity contribution is 0.0224. The number of carbonyl (C=O) groups excluding carboxylic acids is 2. The Morgan fingerprint density at radius 1 is 0.917 bits per heavy atom. The first-order chi connectivity index (χ1) is 11.1. The van der Waals surface area contributed by atoms with Crippen LogP contribution >= 0.6 is 23.2 Å². The molecular formula is C16H19Cl2O6. The molecule has 0 saturated carbocycles. The Morgan fingerprint density at radius 2 is 1.29 bits per heavy atom. The zero-order chi connectivity index (χ0) is 18.4. The van der Waals surface area contributed by atoms with E-state index in [1.54, 1.807) is 27.7 Å². The molecule has 0 atom stereocenters. The van der Waals surface area contributed by atoms with Gasteiger partial charge in [0.1, 0.15) is 22.7 Å². The standard InChI is InChI=1S/C16H19Cl2O6/c1-15(2,9-17)23-13(19)21-11-6-5-7-12(8-11)22-14(20)24-16(3,4)10-18/h6-8H,9-10H2,1-4H3. The number of carbonyl (C=O) groups is 2. The SMILES string of the molecule is CC(C)(CCl)OC(=O)Oc1c[c]cc(OC(=O)OC(C)(C)CCl)c1. The van der Waals surface area contributed by atoms with Crippen LogP contribution in [0, 0.1) is 6.07 Å². The van der Waals surface area contributed by atoms with E-state index in [2.05, 4.69) is 6.07 Å². The molecule has 24 heavy (non-hydrogen) atoms. The first-order valence-electron chi connectivity index (χ1n) is 7.01. The number of ether oxygens (including phenoxy) is 4. The van der Waals surface area contributed by atoms with E-state index in [1.807, 2.05) is 0 Å². The van der Waals surface area contributed by atoms with Crippen molar-refractivity contribution in [2.45, 2.75) is 38.9 Å². The zero-order valence-corrected chi connectivity index (χ0v) is 15.4. The summed E-state index contributed by atoms with van der Waals surface area (Å²) in [6.07, 6.45) is -1.87. The molecule has 0 aliphatic carbocycles. The van der Waals surface area contributed by atoms with Gasteiger partial charge in [-0.15, -0.1) is 23.2 Å². The molecule has 0 aliphatic rings. The van der Waals surface area contributed by atoms with Gasteiger partial charge in [0.25, 0.3) is 0 Å². The molecule has 1 aromatic carbocycles. The van der Waals surface area contributed by atoms with Gasteiger partial charge in [0.05, 0.1) is 11.8 Å². The van der Waals surface area contributed by atoms with E-state index in [0.29, 0.717) is 0 Å². The van der Waals surface area contributed by atoms with Gasteiger partial charge in [0.2, 0.25) is 0 Å². The predicted molar refractivity (Wildman–Crippen MR) is 89.1 cm³/mol. The summed E-state index contributed by atoms with van der Waals surface area (Å²) >= 11 is 11.3. The van der Waals surface area contributed by atoms with Crippen LogP contribution in [-0.4, -0.2) is 35.3 Å². The summed E-state index contributed by atoms with van der Waals surface area (Å²) in [4.78, 5) is 23.4. The molecule has 1 radical (unpaired) electrons. The van der Waals surface area contributed by atoms with Crippen LogP contribution in [0.2, 0.25) is 0 Å². The van der Waals surface area contributed by atoms with Gasteiger partial charge in [-0.05, 0) is 45.9 Å². The summed E-state index contributed by atoms with van der Waals surface area (Å²) in [5.41, 5.74) is -1.74. The van der Waals surface area contributed by atoms with Crippen molar-refractivity contribution in [1.29, 1.82) is 0 Å². The van der Waals surface area contributed by atoms with Gasteiger partial charge in [-0.2, -0.15) is 0 Å². The van der Waals surface area contributed by atoms with Gasteiger partial charge in [-0.1, -0.05) is 0 Å². The van der Waals surface area contributed by atoms with Crippen LogP contribution in [0.3, 0.4) is 0 Å². The Bertz CT molecular complexity index is 538. The molecule has 8 heteroatoms. The minimum absolute atomic E-state index is 0.0901. The van der Waals surface area contributed by atoms with E-state index in [9.17, 15) is 9.59 Å². The average Bonchev–Trinajstić information content (AvgIpc) is 2.46. The second-order valence-corrected chi connectivity index (χ2v) is 6.63. The topological polar surface area (TPSA) is 71.1 Å². The molecule has 0 bridgehead atoms. The molecule has 0 unspecified atom stereocenters. The summed E-state index contributed by atoms with van der Waals surface area (Å²) in [5.74, 6) is 0.402. The van der Waals surface area contributed by atoms with Crippen molar-refractivity contribution < 1.29 is 28.5 Å². The lowest BCUT2D eigenvalue weighted by Crippen LogP contribution is -2.31. The highest BCUT2D eigenvalue weighted by atomic mass is 35.5. The maximum absolute atomic E-state index is 11.7. The monoisotopic (exact) mass is 377 g/mol. The number of hydrogen-bond donors (Lipinski definition) is 0. The third kappa shape index (κ3) is 7.27. The average molecular weight is 378 g/mol. The molecule has 0 amide bonds. The molecule has 1 rings (SSSR count). The third-order valence-corrected chi connectivity index (χ3v) is 3.79. The van der Waals surface area contributed by atoms with E-state index in [1.165, 1.54) is 18.2 Å². The Balaban J connectivity index is 2.67. The van der Waals surface area contributed by atoms with Crippen LogP contribution in [0.1, 0.15) is 27.7 Å². The van der Waals surface area contributed by atoms with E-state index >= 15 is 0 Å². The van der Waals surface area contributed by atoms with Crippen LogP contribution in [0.4, 0.5) is 9.59 Å². The fourth-order valence-corrected chi connectivity index (χ4v) is 1.40. The quantitative estimate of drug-likeness (QED) is 0.411. The minimum Gasteiger partial charge on any atom is -0.427 e. The summed E-state index contributed by atoms with van der Waals surface area (Å²) in [6.45, 7) is 6.56. The minimum atomic E-state index is -0.933. The highest BCUT2D eigenvalue weighted by Crippen LogP contribution is 2.22. The second-order valence-electron chi connectivity index (χ2n) is 6.10. The Hall–Kier alpha value is -1.66. The van der Waals surface area contributed by atoms with Crippen LogP contribution in [0.5, 0.6) is 11.5 Å². The molecule has 133 valence electrons. The number of rotatable bonds is 6. The number of alkyl halides is 2. The highest BCUT2D eigenvalue weighted by Gasteiger charge is 2.24. The Labute approximate surface area is 150 Å². The molecule has 0 aromatic heterocycles. The smallest absolute Gasteiger partial charge is 0.427 e. The zero-order valence-electron chi connectivity index (χ0n) is 13.9. The first-order valence-corrected chi connectivity index (χ1v) is 8.08. The maximum atomic E-state index is 11.7. The molecule has 6 nitrogen and oxygen atoms in total. The highest BCUT2D eigenvalue weighted by molar-refractivity contribution is 6.18. The van der Waals surface area contributed by atoms with Gasteiger partial charge in [0.15, 0.2) is 0 Å². The lowest BCUT2D eigenvalue weighted by atomic mass is 10.2. The van der Waals surface area contributed by atoms with E-state index in [4.69, 9.17) is 42.1 Å². The summed E-state index contributed by atoms with van der Waals surface area (Å²) < 4.78 is 20.1. The number of hydrogen-bond acceptors (Lipinski definition) is 6. The van der Waals surface area contributed by atoms with Gasteiger partial charge in [-0.25, -0.2) is 9.59 Å². The molecule has 1 aromatic rings. The molecule has 0 heterocycles. The van der Waals surface area contributed by atoms with Crippen molar-refractivity contribution in [2.75, 3.05) is 11.8 Å². The fraction of sp³-hybridized carbons (Fsp3) is 0.500. The molecule has 0 N–H and O–H groups in total. The van der Waals surface area contributed by atoms with Crippen molar-refractivity contribution in [1.82, 2.24) is 0 Å².